The highest BCUT2D eigenvalue weighted by molar-refractivity contribution is 5.94. The average Bonchev–Trinajstić information content (AvgIpc) is 3.25. The van der Waals surface area contributed by atoms with Crippen LogP contribution < -0.4 is 5.32 Å². The maximum atomic E-state index is 13.4. The van der Waals surface area contributed by atoms with E-state index in [1.165, 1.54) is 12.1 Å². The molecule has 2 aromatic heterocycles. The topological polar surface area (TPSA) is 80.9 Å². The Morgan fingerprint density at radius 1 is 1.10 bits per heavy atom. The van der Waals surface area contributed by atoms with Crippen LogP contribution >= 0.6 is 0 Å². The molecule has 7 heteroatoms. The number of nitrogens with one attached hydrogen (secondary N) is 1. The van der Waals surface area contributed by atoms with Crippen molar-refractivity contribution in [1.82, 2.24) is 20.5 Å². The summed E-state index contributed by atoms with van der Waals surface area (Å²) in [7, 11) is 0. The number of nitrogens with zero attached hydrogens (tertiary/aromatic N) is 3. The van der Waals surface area contributed by atoms with Gasteiger partial charge < -0.3 is 9.73 Å². The molecule has 5 rings (SSSR count). The Morgan fingerprint density at radius 3 is 2.65 bits per heavy atom. The molecule has 1 atom stereocenters. The molecule has 2 aromatic carbocycles. The van der Waals surface area contributed by atoms with Gasteiger partial charge in [-0.1, -0.05) is 32.0 Å². The Balaban J connectivity index is 1.57. The van der Waals surface area contributed by atoms with Crippen molar-refractivity contribution in [2.75, 3.05) is 6.54 Å². The van der Waals surface area contributed by atoms with Gasteiger partial charge in [0.2, 0.25) is 17.7 Å². The summed E-state index contributed by atoms with van der Waals surface area (Å²) in [6, 6.07) is 15.8. The second kappa shape index (κ2) is 7.27. The molecule has 1 N–H and O–H groups in total. The number of pyridine rings is 1. The second-order valence-corrected chi connectivity index (χ2v) is 8.52. The quantitative estimate of drug-likeness (QED) is 0.523. The molecule has 4 aromatic rings. The number of para-hydroxylation sites is 1. The summed E-state index contributed by atoms with van der Waals surface area (Å²) in [5.41, 5.74) is 2.55. The molecular weight excluding hydrogens is 395 g/mol. The van der Waals surface area contributed by atoms with Crippen molar-refractivity contribution in [3.63, 3.8) is 0 Å². The molecule has 1 saturated heterocycles. The van der Waals surface area contributed by atoms with Crippen molar-refractivity contribution in [3.05, 3.63) is 66.3 Å². The van der Waals surface area contributed by atoms with Gasteiger partial charge in [-0.3, -0.25) is 4.79 Å². The maximum Gasteiger partial charge on any atom is 0.248 e. The maximum absolute atomic E-state index is 13.4. The lowest BCUT2D eigenvalue weighted by atomic mass is 9.79. The van der Waals surface area contributed by atoms with E-state index in [9.17, 15) is 9.18 Å². The number of piperidine rings is 1. The van der Waals surface area contributed by atoms with Gasteiger partial charge in [0.15, 0.2) is 0 Å². The predicted molar refractivity (Wildman–Crippen MR) is 115 cm³/mol. The fraction of sp³-hybridized carbons (Fsp3) is 0.250. The van der Waals surface area contributed by atoms with Crippen LogP contribution in [0.2, 0.25) is 0 Å². The minimum Gasteiger partial charge on any atom is -0.420 e. The second-order valence-electron chi connectivity index (χ2n) is 8.52. The van der Waals surface area contributed by atoms with Crippen molar-refractivity contribution in [3.8, 4) is 22.7 Å². The third-order valence-corrected chi connectivity index (χ3v) is 5.76. The summed E-state index contributed by atoms with van der Waals surface area (Å²) >= 11 is 0. The normalized spacial score (nSPS) is 18.2. The van der Waals surface area contributed by atoms with Gasteiger partial charge >= 0.3 is 0 Å². The largest absolute Gasteiger partial charge is 0.420 e. The number of rotatable bonds is 3. The van der Waals surface area contributed by atoms with Crippen LogP contribution in [0.3, 0.4) is 0 Å². The van der Waals surface area contributed by atoms with E-state index in [0.29, 0.717) is 30.4 Å². The van der Waals surface area contributed by atoms with Crippen LogP contribution in [0.4, 0.5) is 4.39 Å². The highest BCUT2D eigenvalue weighted by Crippen LogP contribution is 2.37. The first-order chi connectivity index (χ1) is 14.9. The molecule has 1 fully saturated rings. The Morgan fingerprint density at radius 2 is 1.87 bits per heavy atom. The van der Waals surface area contributed by atoms with Gasteiger partial charge in [0.05, 0.1) is 22.7 Å². The van der Waals surface area contributed by atoms with Crippen LogP contribution in [-0.4, -0.2) is 27.6 Å². The molecule has 0 bridgehead atoms. The standard InChI is InChI=1S/C24H21FN4O2/c1-24(2)12-15(13-26-23(24)30)21-28-29-22(31-21)18-11-20(14-7-9-16(25)10-8-14)27-19-6-4-3-5-17(18)19/h3-11,15H,12-13H2,1-2H3,(H,26,30). The van der Waals surface area contributed by atoms with Gasteiger partial charge in [-0.05, 0) is 42.8 Å². The zero-order valence-electron chi connectivity index (χ0n) is 17.2. The fourth-order valence-corrected chi connectivity index (χ4v) is 4.04. The number of carbonyl (C=O) groups excluding carboxylic acids is 1. The number of fused-ring (bicyclic) bond motifs is 1. The van der Waals surface area contributed by atoms with E-state index >= 15 is 0 Å². The molecule has 156 valence electrons. The zero-order valence-corrected chi connectivity index (χ0v) is 17.2. The van der Waals surface area contributed by atoms with Crippen molar-refractivity contribution in [1.29, 1.82) is 0 Å². The van der Waals surface area contributed by atoms with Gasteiger partial charge in [-0.2, -0.15) is 0 Å². The van der Waals surface area contributed by atoms with Gasteiger partial charge in [-0.15, -0.1) is 10.2 Å². The Labute approximate surface area is 178 Å². The average molecular weight is 416 g/mol. The number of amides is 1. The molecule has 6 nitrogen and oxygen atoms in total. The van der Waals surface area contributed by atoms with Crippen molar-refractivity contribution < 1.29 is 13.6 Å². The lowest BCUT2D eigenvalue weighted by Crippen LogP contribution is -2.45. The molecule has 1 aliphatic rings. The molecule has 1 amide bonds. The van der Waals surface area contributed by atoms with Crippen LogP contribution in [0.1, 0.15) is 32.1 Å². The van der Waals surface area contributed by atoms with Gasteiger partial charge in [-0.25, -0.2) is 9.37 Å². The first-order valence-electron chi connectivity index (χ1n) is 10.2. The highest BCUT2D eigenvalue weighted by Gasteiger charge is 2.38. The van der Waals surface area contributed by atoms with E-state index in [2.05, 4.69) is 15.5 Å². The van der Waals surface area contributed by atoms with Gasteiger partial charge in [0, 0.05) is 22.9 Å². The van der Waals surface area contributed by atoms with E-state index < -0.39 is 5.41 Å². The Kier molecular flexibility index (Phi) is 4.54. The lowest BCUT2D eigenvalue weighted by molar-refractivity contribution is -0.132. The zero-order chi connectivity index (χ0) is 21.6. The summed E-state index contributed by atoms with van der Waals surface area (Å²) in [6.07, 6.45) is 0.637. The van der Waals surface area contributed by atoms with E-state index in [0.717, 1.165) is 22.0 Å². The monoisotopic (exact) mass is 416 g/mol. The SMILES string of the molecule is CC1(C)CC(c2nnc(-c3cc(-c4ccc(F)cc4)nc4ccccc34)o2)CNC1=O. The number of aromatic nitrogens is 3. The van der Waals surface area contributed by atoms with Crippen LogP contribution in [-0.2, 0) is 4.79 Å². The minimum absolute atomic E-state index is 0.0348. The van der Waals surface area contributed by atoms with Crippen LogP contribution in [0.15, 0.2) is 59.0 Å². The molecule has 1 unspecified atom stereocenters. The van der Waals surface area contributed by atoms with Gasteiger partial charge in [0.25, 0.3) is 0 Å². The number of hydrogen-bond acceptors (Lipinski definition) is 5. The summed E-state index contributed by atoms with van der Waals surface area (Å²) in [5, 5.41) is 12.4. The summed E-state index contributed by atoms with van der Waals surface area (Å²) in [4.78, 5) is 16.8. The number of carbonyl (C=O) groups is 1. The first-order valence-corrected chi connectivity index (χ1v) is 10.2. The molecule has 0 aliphatic carbocycles. The number of benzene rings is 2. The molecule has 0 radical (unpaired) electrons. The molecule has 1 aliphatic heterocycles. The summed E-state index contributed by atoms with van der Waals surface area (Å²) < 4.78 is 19.5. The van der Waals surface area contributed by atoms with Gasteiger partial charge in [0.1, 0.15) is 5.82 Å². The Hall–Kier alpha value is -3.61. The molecule has 3 heterocycles. The minimum atomic E-state index is -0.489. The Bertz CT molecular complexity index is 1280. The molecular formula is C24H21FN4O2. The van der Waals surface area contributed by atoms with E-state index in [1.54, 1.807) is 12.1 Å². The third kappa shape index (κ3) is 3.56. The summed E-state index contributed by atoms with van der Waals surface area (Å²) in [6.45, 7) is 4.30. The molecule has 0 saturated carbocycles. The predicted octanol–water partition coefficient (Wildman–Crippen LogP) is 4.72. The highest BCUT2D eigenvalue weighted by atomic mass is 19.1. The van der Waals surface area contributed by atoms with Crippen molar-refractivity contribution in [2.24, 2.45) is 5.41 Å². The number of halogens is 1. The van der Waals surface area contributed by atoms with Crippen LogP contribution in [0, 0.1) is 11.2 Å². The van der Waals surface area contributed by atoms with Crippen molar-refractivity contribution in [2.45, 2.75) is 26.2 Å². The number of hydrogen-bond donors (Lipinski definition) is 1. The van der Waals surface area contributed by atoms with Crippen molar-refractivity contribution >= 4 is 16.8 Å². The van der Waals surface area contributed by atoms with E-state index in [-0.39, 0.29) is 17.6 Å². The van der Waals surface area contributed by atoms with E-state index in [1.807, 2.05) is 44.2 Å². The fourth-order valence-electron chi connectivity index (χ4n) is 4.04. The lowest BCUT2D eigenvalue weighted by Gasteiger charge is -2.32. The summed E-state index contributed by atoms with van der Waals surface area (Å²) in [5.74, 6) is 0.596. The van der Waals surface area contributed by atoms with Crippen LogP contribution in [0.5, 0.6) is 0 Å². The third-order valence-electron chi connectivity index (χ3n) is 5.76. The first kappa shape index (κ1) is 19.4. The smallest absolute Gasteiger partial charge is 0.248 e. The molecule has 0 spiro atoms. The van der Waals surface area contributed by atoms with E-state index in [4.69, 9.17) is 9.40 Å². The van der Waals surface area contributed by atoms with Crippen LogP contribution in [0.25, 0.3) is 33.6 Å². The molecule has 31 heavy (non-hydrogen) atoms.